The second-order valence-electron chi connectivity index (χ2n) is 4.22. The Morgan fingerprint density at radius 3 is 2.64 bits per heavy atom. The van der Waals surface area contributed by atoms with Crippen LogP contribution in [0.3, 0.4) is 0 Å². The van der Waals surface area contributed by atoms with E-state index in [0.29, 0.717) is 6.61 Å². The van der Waals surface area contributed by atoms with Crippen molar-refractivity contribution in [3.05, 3.63) is 0 Å². The molecule has 3 nitrogen and oxygen atoms in total. The van der Waals surface area contributed by atoms with Crippen molar-refractivity contribution in [3.63, 3.8) is 0 Å². The minimum absolute atomic E-state index is 0.0519. The minimum Gasteiger partial charge on any atom is -0.381 e. The number of hydrogen-bond donors (Lipinski definition) is 0. The standard InChI is InChI=1S/C11H20O3/c1-8(2)11(13-3)10(12)9-5-4-6-14-7-9/h8-9,11H,4-7H2,1-3H3. The Morgan fingerprint density at radius 2 is 2.21 bits per heavy atom. The molecule has 1 heterocycles. The Kier molecular flexibility index (Phi) is 4.55. The van der Waals surface area contributed by atoms with Crippen molar-refractivity contribution >= 4 is 5.78 Å². The molecular weight excluding hydrogens is 180 g/mol. The second-order valence-corrected chi connectivity index (χ2v) is 4.22. The molecule has 0 amide bonds. The van der Waals surface area contributed by atoms with Crippen LogP contribution in [0.5, 0.6) is 0 Å². The summed E-state index contributed by atoms with van der Waals surface area (Å²) >= 11 is 0. The van der Waals surface area contributed by atoms with Crippen LogP contribution in [0, 0.1) is 11.8 Å². The predicted molar refractivity (Wildman–Crippen MR) is 54.2 cm³/mol. The van der Waals surface area contributed by atoms with Gasteiger partial charge in [0.2, 0.25) is 0 Å². The van der Waals surface area contributed by atoms with Crippen LogP contribution in [0.15, 0.2) is 0 Å². The van der Waals surface area contributed by atoms with Gasteiger partial charge in [-0.25, -0.2) is 0 Å². The van der Waals surface area contributed by atoms with E-state index < -0.39 is 0 Å². The van der Waals surface area contributed by atoms with E-state index in [0.717, 1.165) is 19.4 Å². The zero-order chi connectivity index (χ0) is 10.6. The van der Waals surface area contributed by atoms with Crippen molar-refractivity contribution in [1.82, 2.24) is 0 Å². The summed E-state index contributed by atoms with van der Waals surface area (Å²) in [5.41, 5.74) is 0. The summed E-state index contributed by atoms with van der Waals surface area (Å²) in [6.45, 7) is 5.39. The first-order valence-electron chi connectivity index (χ1n) is 5.31. The van der Waals surface area contributed by atoms with E-state index in [-0.39, 0.29) is 23.7 Å². The lowest BCUT2D eigenvalue weighted by Gasteiger charge is -2.26. The number of ether oxygens (including phenoxy) is 2. The lowest BCUT2D eigenvalue weighted by Crippen LogP contribution is -2.37. The van der Waals surface area contributed by atoms with Crippen molar-refractivity contribution in [2.75, 3.05) is 20.3 Å². The third kappa shape index (κ3) is 2.79. The van der Waals surface area contributed by atoms with Gasteiger partial charge in [-0.05, 0) is 18.8 Å². The number of methoxy groups -OCH3 is 1. The molecule has 0 aromatic rings. The maximum atomic E-state index is 12.0. The molecule has 0 aliphatic carbocycles. The molecule has 1 aliphatic heterocycles. The zero-order valence-corrected chi connectivity index (χ0v) is 9.29. The van der Waals surface area contributed by atoms with Crippen LogP contribution in [-0.2, 0) is 14.3 Å². The third-order valence-corrected chi connectivity index (χ3v) is 2.70. The summed E-state index contributed by atoms with van der Waals surface area (Å²) in [4.78, 5) is 12.0. The Labute approximate surface area is 85.8 Å². The Morgan fingerprint density at radius 1 is 1.50 bits per heavy atom. The number of carbonyl (C=O) groups excluding carboxylic acids is 1. The lowest BCUT2D eigenvalue weighted by molar-refractivity contribution is -0.139. The number of carbonyl (C=O) groups is 1. The van der Waals surface area contributed by atoms with Gasteiger partial charge in [0.25, 0.3) is 0 Å². The number of Topliss-reactive ketones (excluding diaryl/α,β-unsaturated/α-hetero) is 1. The van der Waals surface area contributed by atoms with Crippen LogP contribution >= 0.6 is 0 Å². The Hall–Kier alpha value is -0.410. The fraction of sp³-hybridized carbons (Fsp3) is 0.909. The summed E-state index contributed by atoms with van der Waals surface area (Å²) < 4.78 is 10.5. The van der Waals surface area contributed by atoms with Crippen LogP contribution in [0.1, 0.15) is 26.7 Å². The molecule has 1 rings (SSSR count). The highest BCUT2D eigenvalue weighted by atomic mass is 16.5. The van der Waals surface area contributed by atoms with Crippen molar-refractivity contribution in [1.29, 1.82) is 0 Å². The normalized spacial score (nSPS) is 25.0. The highest BCUT2D eigenvalue weighted by Crippen LogP contribution is 2.20. The molecule has 3 heteroatoms. The highest BCUT2D eigenvalue weighted by Gasteiger charge is 2.30. The topological polar surface area (TPSA) is 35.5 Å². The molecule has 1 fully saturated rings. The van der Waals surface area contributed by atoms with E-state index in [2.05, 4.69) is 0 Å². The van der Waals surface area contributed by atoms with Crippen molar-refractivity contribution in [2.24, 2.45) is 11.8 Å². The van der Waals surface area contributed by atoms with Gasteiger partial charge in [0.15, 0.2) is 5.78 Å². The summed E-state index contributed by atoms with van der Waals surface area (Å²) in [6, 6.07) is 0. The maximum Gasteiger partial charge on any atom is 0.167 e. The van der Waals surface area contributed by atoms with Crippen LogP contribution in [0.2, 0.25) is 0 Å². The van der Waals surface area contributed by atoms with Gasteiger partial charge in [0.05, 0.1) is 6.61 Å². The molecule has 82 valence electrons. The fourth-order valence-corrected chi connectivity index (χ4v) is 1.91. The van der Waals surface area contributed by atoms with E-state index in [1.54, 1.807) is 7.11 Å². The minimum atomic E-state index is -0.262. The Balaban J connectivity index is 2.52. The van der Waals surface area contributed by atoms with Gasteiger partial charge in [-0.1, -0.05) is 13.8 Å². The first kappa shape index (κ1) is 11.7. The molecule has 0 spiro atoms. The molecule has 0 aromatic heterocycles. The van der Waals surface area contributed by atoms with E-state index in [1.807, 2.05) is 13.8 Å². The van der Waals surface area contributed by atoms with E-state index in [4.69, 9.17) is 9.47 Å². The largest absolute Gasteiger partial charge is 0.381 e. The van der Waals surface area contributed by atoms with Crippen LogP contribution in [0.25, 0.3) is 0 Å². The third-order valence-electron chi connectivity index (χ3n) is 2.70. The summed E-state index contributed by atoms with van der Waals surface area (Å²) in [5, 5.41) is 0. The maximum absolute atomic E-state index is 12.0. The molecule has 1 saturated heterocycles. The molecule has 0 saturated carbocycles. The monoisotopic (exact) mass is 200 g/mol. The van der Waals surface area contributed by atoms with E-state index >= 15 is 0 Å². The predicted octanol–water partition coefficient (Wildman–Crippen LogP) is 1.65. The molecule has 0 radical (unpaired) electrons. The zero-order valence-electron chi connectivity index (χ0n) is 9.29. The molecule has 2 atom stereocenters. The Bertz CT molecular complexity index is 183. The number of hydrogen-bond acceptors (Lipinski definition) is 3. The first-order chi connectivity index (χ1) is 6.66. The average molecular weight is 200 g/mol. The number of rotatable bonds is 4. The second kappa shape index (κ2) is 5.47. The molecular formula is C11H20O3. The van der Waals surface area contributed by atoms with Crippen LogP contribution < -0.4 is 0 Å². The van der Waals surface area contributed by atoms with Gasteiger partial charge in [-0.3, -0.25) is 4.79 Å². The first-order valence-corrected chi connectivity index (χ1v) is 5.31. The molecule has 0 N–H and O–H groups in total. The molecule has 14 heavy (non-hydrogen) atoms. The summed E-state index contributed by atoms with van der Waals surface area (Å²) in [5.74, 6) is 0.507. The van der Waals surface area contributed by atoms with E-state index in [9.17, 15) is 4.79 Å². The molecule has 0 bridgehead atoms. The highest BCUT2D eigenvalue weighted by molar-refractivity contribution is 5.85. The summed E-state index contributed by atoms with van der Waals surface area (Å²) in [6.07, 6.45) is 1.68. The van der Waals surface area contributed by atoms with Crippen molar-refractivity contribution in [2.45, 2.75) is 32.8 Å². The van der Waals surface area contributed by atoms with Gasteiger partial charge in [-0.15, -0.1) is 0 Å². The van der Waals surface area contributed by atoms with Gasteiger partial charge in [-0.2, -0.15) is 0 Å². The summed E-state index contributed by atoms with van der Waals surface area (Å²) in [7, 11) is 1.60. The quantitative estimate of drug-likeness (QED) is 0.692. The van der Waals surface area contributed by atoms with Crippen molar-refractivity contribution in [3.8, 4) is 0 Å². The van der Waals surface area contributed by atoms with Gasteiger partial charge in [0, 0.05) is 19.6 Å². The average Bonchev–Trinajstić information content (AvgIpc) is 2.19. The number of ketones is 1. The SMILES string of the molecule is COC(C(=O)C1CCCOC1)C(C)C. The van der Waals surface area contributed by atoms with Gasteiger partial charge >= 0.3 is 0 Å². The van der Waals surface area contributed by atoms with E-state index in [1.165, 1.54) is 0 Å². The molecule has 0 aromatic carbocycles. The van der Waals surface area contributed by atoms with Gasteiger partial charge in [0.1, 0.15) is 6.10 Å². The molecule has 2 unspecified atom stereocenters. The lowest BCUT2D eigenvalue weighted by atomic mass is 9.89. The van der Waals surface area contributed by atoms with Gasteiger partial charge < -0.3 is 9.47 Å². The van der Waals surface area contributed by atoms with Crippen molar-refractivity contribution < 1.29 is 14.3 Å². The van der Waals surface area contributed by atoms with Crippen LogP contribution in [0.4, 0.5) is 0 Å². The fourth-order valence-electron chi connectivity index (χ4n) is 1.91. The van der Waals surface area contributed by atoms with Crippen LogP contribution in [-0.4, -0.2) is 32.2 Å². The smallest absolute Gasteiger partial charge is 0.167 e. The molecule has 1 aliphatic rings.